The normalized spacial score (nSPS) is 9.91. The predicted octanol–water partition coefficient (Wildman–Crippen LogP) is 1.35. The van der Waals surface area contributed by atoms with Crippen LogP contribution in [0.4, 0.5) is 0 Å². The molecule has 1 N–H and O–H groups in total. The molecule has 0 unspecified atom stereocenters. The van der Waals surface area contributed by atoms with Crippen LogP contribution in [0.3, 0.4) is 0 Å². The Balaban J connectivity index is -0.00000200. The average Bonchev–Trinajstić information content (AvgIpc) is 2.46. The fourth-order valence-corrected chi connectivity index (χ4v) is 2.50. The molecule has 0 aromatic heterocycles. The molecule has 0 atom stereocenters. The third-order valence-corrected chi connectivity index (χ3v) is 3.88. The van der Waals surface area contributed by atoms with Gasteiger partial charge in [0, 0.05) is 13.0 Å². The van der Waals surface area contributed by atoms with Gasteiger partial charge in [-0.05, 0) is 13.3 Å². The molecule has 0 fully saturated rings. The maximum atomic E-state index is 11.4. The van der Waals surface area contributed by atoms with Crippen LogP contribution in [-0.4, -0.2) is 24.2 Å². The molecule has 0 aliphatic carbocycles. The Morgan fingerprint density at radius 1 is 0.955 bits per heavy atom. The molecular formula is C16H32KNO3S. The van der Waals surface area contributed by atoms with Crippen LogP contribution >= 0.6 is 12.0 Å². The summed E-state index contributed by atoms with van der Waals surface area (Å²) < 4.78 is 4.95. The maximum Gasteiger partial charge on any atom is 1.00 e. The Hall–Kier alpha value is 0.926. The first-order valence-electron chi connectivity index (χ1n) is 8.29. The minimum atomic E-state index is -0.216. The van der Waals surface area contributed by atoms with Gasteiger partial charge >= 0.3 is 57.4 Å². The number of unbranched alkanes of at least 4 members (excludes halogenated alkanes) is 8. The summed E-state index contributed by atoms with van der Waals surface area (Å²) in [6, 6.07) is 0. The molecule has 126 valence electrons. The van der Waals surface area contributed by atoms with Gasteiger partial charge < -0.3 is 10.9 Å². The van der Waals surface area contributed by atoms with E-state index in [-0.39, 0.29) is 70.4 Å². The number of amides is 1. The molecule has 0 saturated heterocycles. The van der Waals surface area contributed by atoms with E-state index >= 15 is 0 Å². The summed E-state index contributed by atoms with van der Waals surface area (Å²) in [5.74, 6) is -0.136. The van der Waals surface area contributed by atoms with Crippen molar-refractivity contribution in [2.45, 2.75) is 78.1 Å². The van der Waals surface area contributed by atoms with Gasteiger partial charge in [0.25, 0.3) is 0 Å². The zero-order valence-corrected chi connectivity index (χ0v) is 18.6. The molecule has 6 heteroatoms. The van der Waals surface area contributed by atoms with Gasteiger partial charge in [-0.15, -0.1) is 0 Å². The summed E-state index contributed by atoms with van der Waals surface area (Å²) in [5, 5.41) is 2.65. The van der Waals surface area contributed by atoms with Crippen molar-refractivity contribution >= 4 is 23.9 Å². The van der Waals surface area contributed by atoms with E-state index in [9.17, 15) is 9.59 Å². The van der Waals surface area contributed by atoms with Crippen LogP contribution in [0.5, 0.6) is 0 Å². The van der Waals surface area contributed by atoms with Gasteiger partial charge in [-0.3, -0.25) is 9.59 Å². The molecule has 1 amide bonds. The molecule has 0 saturated carbocycles. The van der Waals surface area contributed by atoms with E-state index < -0.39 is 0 Å². The monoisotopic (exact) mass is 357 g/mol. The second-order valence-electron chi connectivity index (χ2n) is 5.25. The summed E-state index contributed by atoms with van der Waals surface area (Å²) in [6.45, 7) is 4.69. The van der Waals surface area contributed by atoms with Crippen LogP contribution in [0.1, 0.15) is 79.5 Å². The Bertz CT molecular complexity index is 284. The summed E-state index contributed by atoms with van der Waals surface area (Å²) in [4.78, 5) is 22.5. The minimum Gasteiger partial charge on any atom is -1.00 e. The van der Waals surface area contributed by atoms with E-state index in [1.807, 2.05) is 6.92 Å². The molecule has 0 bridgehead atoms. The van der Waals surface area contributed by atoms with Gasteiger partial charge in [0.1, 0.15) is 5.75 Å². The molecule has 22 heavy (non-hydrogen) atoms. The summed E-state index contributed by atoms with van der Waals surface area (Å²) >= 11 is 0.927. The van der Waals surface area contributed by atoms with E-state index in [4.69, 9.17) is 4.18 Å². The average molecular weight is 358 g/mol. The molecule has 0 aliphatic rings. The summed E-state index contributed by atoms with van der Waals surface area (Å²) in [5.41, 5.74) is 0. The SMILES string of the molecule is CCCCCCCCCCCC(=O)OSCC(=O)NCC.[H-].[K+]. The number of hydrogen-bond donors (Lipinski definition) is 1. The van der Waals surface area contributed by atoms with E-state index in [0.717, 1.165) is 24.9 Å². The van der Waals surface area contributed by atoms with Gasteiger partial charge in [-0.25, -0.2) is 0 Å². The molecule has 0 heterocycles. The van der Waals surface area contributed by atoms with Gasteiger partial charge in [-0.1, -0.05) is 58.3 Å². The van der Waals surface area contributed by atoms with Crippen molar-refractivity contribution in [3.63, 3.8) is 0 Å². The van der Waals surface area contributed by atoms with Crippen molar-refractivity contribution in [3.8, 4) is 0 Å². The third kappa shape index (κ3) is 19.0. The van der Waals surface area contributed by atoms with Crippen LogP contribution in [0, 0.1) is 0 Å². The number of carbonyl (C=O) groups is 2. The second-order valence-corrected chi connectivity index (χ2v) is 5.94. The van der Waals surface area contributed by atoms with Crippen molar-refractivity contribution < 1.29 is 66.6 Å². The number of hydrogen-bond acceptors (Lipinski definition) is 4. The largest absolute Gasteiger partial charge is 1.00 e. The fourth-order valence-electron chi connectivity index (χ4n) is 2.02. The molecule has 4 nitrogen and oxygen atoms in total. The zero-order valence-electron chi connectivity index (χ0n) is 15.6. The Morgan fingerprint density at radius 3 is 2.05 bits per heavy atom. The van der Waals surface area contributed by atoms with Crippen molar-refractivity contribution in [1.82, 2.24) is 5.32 Å². The van der Waals surface area contributed by atoms with Crippen molar-refractivity contribution in [1.29, 1.82) is 0 Å². The number of nitrogens with one attached hydrogen (secondary N) is 1. The molecule has 0 spiro atoms. The first kappa shape index (κ1) is 25.2. The van der Waals surface area contributed by atoms with E-state index in [0.29, 0.717) is 13.0 Å². The maximum absolute atomic E-state index is 11.4. The van der Waals surface area contributed by atoms with E-state index in [1.54, 1.807) is 0 Å². The van der Waals surface area contributed by atoms with Gasteiger partial charge in [0.05, 0.1) is 12.0 Å². The first-order valence-corrected chi connectivity index (χ1v) is 9.20. The number of carbonyl (C=O) groups excluding carboxylic acids is 2. The topological polar surface area (TPSA) is 55.4 Å². The summed E-state index contributed by atoms with van der Waals surface area (Å²) in [6.07, 6.45) is 11.5. The summed E-state index contributed by atoms with van der Waals surface area (Å²) in [7, 11) is 0. The van der Waals surface area contributed by atoms with Crippen molar-refractivity contribution in [2.75, 3.05) is 12.3 Å². The molecule has 0 aromatic rings. The predicted molar refractivity (Wildman–Crippen MR) is 90.2 cm³/mol. The molecule has 0 aliphatic heterocycles. The smallest absolute Gasteiger partial charge is 1.00 e. The van der Waals surface area contributed by atoms with Crippen LogP contribution in [-0.2, 0) is 13.8 Å². The molecular weight excluding hydrogens is 325 g/mol. The van der Waals surface area contributed by atoms with Crippen LogP contribution in [0.15, 0.2) is 0 Å². The zero-order chi connectivity index (χ0) is 15.8. The van der Waals surface area contributed by atoms with Gasteiger partial charge in [-0.2, -0.15) is 0 Å². The Morgan fingerprint density at radius 2 is 1.50 bits per heavy atom. The van der Waals surface area contributed by atoms with Gasteiger partial charge in [0.15, 0.2) is 0 Å². The van der Waals surface area contributed by atoms with Crippen LogP contribution in [0.25, 0.3) is 0 Å². The quantitative estimate of drug-likeness (QED) is 0.290. The van der Waals surface area contributed by atoms with Crippen molar-refractivity contribution in [3.05, 3.63) is 0 Å². The molecule has 0 radical (unpaired) electrons. The van der Waals surface area contributed by atoms with Crippen molar-refractivity contribution in [2.24, 2.45) is 0 Å². The fraction of sp³-hybridized carbons (Fsp3) is 0.875. The van der Waals surface area contributed by atoms with E-state index in [2.05, 4.69) is 12.2 Å². The second kappa shape index (κ2) is 20.0. The molecule has 0 rings (SSSR count). The van der Waals surface area contributed by atoms with Gasteiger partial charge in [0.2, 0.25) is 5.91 Å². The number of rotatable bonds is 14. The van der Waals surface area contributed by atoms with E-state index in [1.165, 1.54) is 44.9 Å². The Kier molecular flexibility index (Phi) is 22.8. The third-order valence-electron chi connectivity index (χ3n) is 3.20. The standard InChI is InChI=1S/C16H31NO3S.K.H/c1-3-5-6-7-8-9-10-11-12-13-16(19)20-21-14-15(18)17-4-2;;/h3-14H2,1-2H3,(H,17,18);;/q;+1;-1. The van der Waals surface area contributed by atoms with Crippen LogP contribution < -0.4 is 56.7 Å². The first-order chi connectivity index (χ1) is 10.2. The van der Waals surface area contributed by atoms with Crippen LogP contribution in [0.2, 0.25) is 0 Å². The minimum absolute atomic E-state index is 0. The Labute approximate surface area is 184 Å². The molecule has 0 aromatic carbocycles.